The van der Waals surface area contributed by atoms with E-state index >= 15 is 0 Å². The number of carbonyl (C=O) groups excluding carboxylic acids is 1. The normalized spacial score (nSPS) is 15.8. The molecule has 5 nitrogen and oxygen atoms in total. The molecule has 0 unspecified atom stereocenters. The fourth-order valence-electron chi connectivity index (χ4n) is 3.27. The Labute approximate surface area is 153 Å². The minimum absolute atomic E-state index is 0.0298. The van der Waals surface area contributed by atoms with E-state index < -0.39 is 0 Å². The number of hydrogen-bond donors (Lipinski definition) is 0. The van der Waals surface area contributed by atoms with Gasteiger partial charge in [-0.1, -0.05) is 48.8 Å². The van der Waals surface area contributed by atoms with Gasteiger partial charge in [-0.2, -0.15) is 0 Å². The highest BCUT2D eigenvalue weighted by atomic mass is 35.5. The molecule has 0 atom stereocenters. The van der Waals surface area contributed by atoms with Gasteiger partial charge in [-0.3, -0.25) is 9.69 Å². The van der Waals surface area contributed by atoms with Gasteiger partial charge in [0.1, 0.15) is 17.0 Å². The smallest absolute Gasteiger partial charge is 0.259 e. The van der Waals surface area contributed by atoms with E-state index in [1.165, 1.54) is 0 Å². The highest BCUT2D eigenvalue weighted by molar-refractivity contribution is 6.33. The Morgan fingerprint density at radius 2 is 1.92 bits per heavy atom. The van der Waals surface area contributed by atoms with Crippen LogP contribution in [-0.2, 0) is 0 Å². The van der Waals surface area contributed by atoms with Crippen molar-refractivity contribution in [3.63, 3.8) is 0 Å². The summed E-state index contributed by atoms with van der Waals surface area (Å²) in [7, 11) is 0. The topological polar surface area (TPSA) is 49.6 Å². The zero-order valence-corrected chi connectivity index (χ0v) is 15.7. The zero-order valence-electron chi connectivity index (χ0n) is 15.0. The number of amides is 1. The van der Waals surface area contributed by atoms with E-state index in [9.17, 15) is 4.79 Å². The Morgan fingerprint density at radius 3 is 2.56 bits per heavy atom. The van der Waals surface area contributed by atoms with Crippen molar-refractivity contribution in [1.29, 1.82) is 0 Å². The molecule has 1 aromatic carbocycles. The Hall–Kier alpha value is -1.85. The second-order valence-electron chi connectivity index (χ2n) is 6.93. The first-order valence-electron chi connectivity index (χ1n) is 8.70. The van der Waals surface area contributed by atoms with Gasteiger partial charge in [0.15, 0.2) is 0 Å². The fourth-order valence-corrected chi connectivity index (χ4v) is 3.49. The highest BCUT2D eigenvalue weighted by Crippen LogP contribution is 2.31. The van der Waals surface area contributed by atoms with Crippen LogP contribution in [0.4, 0.5) is 0 Å². The monoisotopic (exact) mass is 361 g/mol. The van der Waals surface area contributed by atoms with Crippen LogP contribution in [0.3, 0.4) is 0 Å². The summed E-state index contributed by atoms with van der Waals surface area (Å²) >= 11 is 6.28. The molecule has 1 saturated heterocycles. The van der Waals surface area contributed by atoms with Crippen LogP contribution >= 0.6 is 11.6 Å². The lowest BCUT2D eigenvalue weighted by atomic mass is 10.0. The molecule has 6 heteroatoms. The summed E-state index contributed by atoms with van der Waals surface area (Å²) in [5.41, 5.74) is 1.77. The predicted octanol–water partition coefficient (Wildman–Crippen LogP) is 3.72. The van der Waals surface area contributed by atoms with Gasteiger partial charge in [-0.25, -0.2) is 0 Å². The lowest BCUT2D eigenvalue weighted by molar-refractivity contribution is 0.0623. The molecule has 1 amide bonds. The summed E-state index contributed by atoms with van der Waals surface area (Å²) in [6.07, 6.45) is 0. The van der Waals surface area contributed by atoms with Crippen molar-refractivity contribution in [1.82, 2.24) is 15.0 Å². The maximum Gasteiger partial charge on any atom is 0.259 e. The predicted molar refractivity (Wildman–Crippen MR) is 98.9 cm³/mol. The first-order chi connectivity index (χ1) is 12.0. The van der Waals surface area contributed by atoms with E-state index in [-0.39, 0.29) is 5.91 Å². The SMILES string of the molecule is Cc1onc(-c2ccccc2Cl)c1C(=O)N1CCN(CC(C)C)CC1. The van der Waals surface area contributed by atoms with Gasteiger partial charge in [0.2, 0.25) is 0 Å². The molecule has 1 fully saturated rings. The number of carbonyl (C=O) groups is 1. The zero-order chi connectivity index (χ0) is 18.0. The molecule has 2 heterocycles. The van der Waals surface area contributed by atoms with Crippen LogP contribution in [-0.4, -0.2) is 53.6 Å². The Balaban J connectivity index is 1.80. The van der Waals surface area contributed by atoms with Crippen molar-refractivity contribution in [3.8, 4) is 11.3 Å². The van der Waals surface area contributed by atoms with Crippen molar-refractivity contribution in [2.75, 3.05) is 32.7 Å². The molecule has 1 aromatic heterocycles. The van der Waals surface area contributed by atoms with Crippen molar-refractivity contribution < 1.29 is 9.32 Å². The first-order valence-corrected chi connectivity index (χ1v) is 9.08. The van der Waals surface area contributed by atoms with Gasteiger partial charge in [-0.05, 0) is 18.9 Å². The van der Waals surface area contributed by atoms with E-state index in [1.54, 1.807) is 13.0 Å². The van der Waals surface area contributed by atoms with Crippen molar-refractivity contribution in [3.05, 3.63) is 40.6 Å². The summed E-state index contributed by atoms with van der Waals surface area (Å²) in [6.45, 7) is 10.5. The molecule has 0 spiro atoms. The van der Waals surface area contributed by atoms with Gasteiger partial charge in [0.25, 0.3) is 5.91 Å². The number of aryl methyl sites for hydroxylation is 1. The molecule has 25 heavy (non-hydrogen) atoms. The lowest BCUT2D eigenvalue weighted by Crippen LogP contribution is -2.49. The molecule has 134 valence electrons. The quantitative estimate of drug-likeness (QED) is 0.832. The molecule has 0 bridgehead atoms. The highest BCUT2D eigenvalue weighted by Gasteiger charge is 2.29. The number of piperazine rings is 1. The van der Waals surface area contributed by atoms with Gasteiger partial charge in [-0.15, -0.1) is 0 Å². The number of rotatable bonds is 4. The van der Waals surface area contributed by atoms with Gasteiger partial charge in [0, 0.05) is 38.3 Å². The Kier molecular flexibility index (Phi) is 5.45. The van der Waals surface area contributed by atoms with E-state index in [4.69, 9.17) is 16.1 Å². The summed E-state index contributed by atoms with van der Waals surface area (Å²) in [5.74, 6) is 1.14. The molecule has 0 radical (unpaired) electrons. The number of benzene rings is 1. The molecular formula is C19H24ClN3O2. The Bertz CT molecular complexity index is 749. The van der Waals surface area contributed by atoms with Crippen molar-refractivity contribution in [2.24, 2.45) is 5.92 Å². The molecule has 3 rings (SSSR count). The van der Waals surface area contributed by atoms with Crippen LogP contribution in [0.2, 0.25) is 5.02 Å². The third-order valence-corrected chi connectivity index (χ3v) is 4.82. The maximum atomic E-state index is 13.1. The first kappa shape index (κ1) is 18.0. The van der Waals surface area contributed by atoms with Gasteiger partial charge < -0.3 is 9.42 Å². The minimum atomic E-state index is -0.0298. The molecule has 1 aliphatic heterocycles. The molecule has 2 aromatic rings. The second-order valence-corrected chi connectivity index (χ2v) is 7.34. The van der Waals surface area contributed by atoms with E-state index in [1.807, 2.05) is 23.1 Å². The minimum Gasteiger partial charge on any atom is -0.360 e. The van der Waals surface area contributed by atoms with E-state index in [0.717, 1.165) is 38.3 Å². The van der Waals surface area contributed by atoms with Gasteiger partial charge >= 0.3 is 0 Å². The fraction of sp³-hybridized carbons (Fsp3) is 0.474. The summed E-state index contributed by atoms with van der Waals surface area (Å²) in [5, 5.41) is 4.66. The van der Waals surface area contributed by atoms with Crippen LogP contribution in [0.5, 0.6) is 0 Å². The van der Waals surface area contributed by atoms with Crippen LogP contribution in [0.1, 0.15) is 30.0 Å². The Morgan fingerprint density at radius 1 is 1.24 bits per heavy atom. The maximum absolute atomic E-state index is 13.1. The third kappa shape index (κ3) is 3.88. The van der Waals surface area contributed by atoms with Crippen molar-refractivity contribution >= 4 is 17.5 Å². The number of hydrogen-bond acceptors (Lipinski definition) is 4. The average molecular weight is 362 g/mol. The molecule has 0 saturated carbocycles. The van der Waals surface area contributed by atoms with Gasteiger partial charge in [0.05, 0.1) is 5.02 Å². The van der Waals surface area contributed by atoms with E-state index in [0.29, 0.717) is 28.0 Å². The van der Waals surface area contributed by atoms with Crippen LogP contribution in [0.15, 0.2) is 28.8 Å². The van der Waals surface area contributed by atoms with Crippen LogP contribution in [0, 0.1) is 12.8 Å². The molecule has 0 aliphatic carbocycles. The standard InChI is InChI=1S/C19H24ClN3O2/c1-13(2)12-22-8-10-23(11-9-22)19(24)17-14(3)25-21-18(17)15-6-4-5-7-16(15)20/h4-7,13H,8-12H2,1-3H3. The largest absolute Gasteiger partial charge is 0.360 e. The van der Waals surface area contributed by atoms with E-state index in [2.05, 4.69) is 23.9 Å². The summed E-state index contributed by atoms with van der Waals surface area (Å²) in [4.78, 5) is 17.4. The molecular weight excluding hydrogens is 338 g/mol. The summed E-state index contributed by atoms with van der Waals surface area (Å²) in [6, 6.07) is 7.38. The van der Waals surface area contributed by atoms with Crippen LogP contribution in [0.25, 0.3) is 11.3 Å². The molecule has 1 aliphatic rings. The average Bonchev–Trinajstić information content (AvgIpc) is 2.96. The second kappa shape index (κ2) is 7.58. The van der Waals surface area contributed by atoms with Crippen molar-refractivity contribution in [2.45, 2.75) is 20.8 Å². The summed E-state index contributed by atoms with van der Waals surface area (Å²) < 4.78 is 5.32. The lowest BCUT2D eigenvalue weighted by Gasteiger charge is -2.35. The number of nitrogens with zero attached hydrogens (tertiary/aromatic N) is 3. The third-order valence-electron chi connectivity index (χ3n) is 4.49. The van der Waals surface area contributed by atoms with Crippen LogP contribution < -0.4 is 0 Å². The molecule has 0 N–H and O–H groups in total. The number of halogens is 1. The number of aromatic nitrogens is 1.